The highest BCUT2D eigenvalue weighted by Crippen LogP contribution is 2.18. The summed E-state index contributed by atoms with van der Waals surface area (Å²) in [6, 6.07) is 10.3. The lowest BCUT2D eigenvalue weighted by Crippen LogP contribution is -2.13. The molecule has 3 rings (SSSR count). The van der Waals surface area contributed by atoms with Crippen molar-refractivity contribution in [3.05, 3.63) is 53.6 Å². The number of hydrogen-bond donors (Lipinski definition) is 1. The summed E-state index contributed by atoms with van der Waals surface area (Å²) in [5.41, 5.74) is 2.34. The van der Waals surface area contributed by atoms with Crippen molar-refractivity contribution in [1.82, 2.24) is 15.1 Å². The van der Waals surface area contributed by atoms with Gasteiger partial charge in [-0.1, -0.05) is 25.1 Å². The fraction of sp³-hybridized carbons (Fsp3) is 0.353. The zero-order valence-electron chi connectivity index (χ0n) is 12.6. The highest BCUT2D eigenvalue weighted by Gasteiger charge is 2.09. The lowest BCUT2D eigenvalue weighted by Gasteiger charge is -2.02. The van der Waals surface area contributed by atoms with E-state index in [-0.39, 0.29) is 0 Å². The van der Waals surface area contributed by atoms with Gasteiger partial charge in [-0.15, -0.1) is 0 Å². The number of furan rings is 1. The van der Waals surface area contributed by atoms with Crippen LogP contribution in [-0.4, -0.2) is 16.3 Å². The number of nitrogens with zero attached hydrogens (tertiary/aromatic N) is 2. The van der Waals surface area contributed by atoms with Crippen molar-refractivity contribution in [3.8, 4) is 0 Å². The fourth-order valence-electron chi connectivity index (χ4n) is 2.52. The standard InChI is InChI=1S/C17H21N3O/c1-3-8-18-11-17-13(2)9-15(21-17)12-20-16-7-5-4-6-14(16)10-19-20/h4-7,9-10,18H,3,8,11-12H2,1-2H3. The predicted octanol–water partition coefficient (Wildman–Crippen LogP) is 3.49. The number of rotatable bonds is 6. The van der Waals surface area contributed by atoms with E-state index < -0.39 is 0 Å². The Morgan fingerprint density at radius 2 is 2.14 bits per heavy atom. The molecule has 0 spiro atoms. The first-order valence-electron chi connectivity index (χ1n) is 7.47. The van der Waals surface area contributed by atoms with E-state index in [0.29, 0.717) is 6.54 Å². The molecular formula is C17H21N3O. The number of benzene rings is 1. The molecule has 2 aromatic heterocycles. The largest absolute Gasteiger partial charge is 0.462 e. The summed E-state index contributed by atoms with van der Waals surface area (Å²) in [4.78, 5) is 0. The number of fused-ring (bicyclic) bond motifs is 1. The van der Waals surface area contributed by atoms with Gasteiger partial charge in [-0.3, -0.25) is 4.68 Å². The summed E-state index contributed by atoms with van der Waals surface area (Å²) >= 11 is 0. The highest BCUT2D eigenvalue weighted by atomic mass is 16.3. The van der Waals surface area contributed by atoms with E-state index in [0.717, 1.165) is 41.9 Å². The van der Waals surface area contributed by atoms with Crippen molar-refractivity contribution in [2.45, 2.75) is 33.4 Å². The molecule has 0 unspecified atom stereocenters. The predicted molar refractivity (Wildman–Crippen MR) is 84.3 cm³/mol. The molecule has 0 fully saturated rings. The van der Waals surface area contributed by atoms with Gasteiger partial charge >= 0.3 is 0 Å². The summed E-state index contributed by atoms with van der Waals surface area (Å²) in [5.74, 6) is 1.98. The molecule has 3 aromatic rings. The van der Waals surface area contributed by atoms with Crippen molar-refractivity contribution in [2.75, 3.05) is 6.54 Å². The minimum atomic E-state index is 0.669. The maximum Gasteiger partial charge on any atom is 0.126 e. The van der Waals surface area contributed by atoms with Gasteiger partial charge in [0.1, 0.15) is 11.5 Å². The SMILES string of the molecule is CCCNCc1oc(Cn2ncc3ccccc32)cc1C. The Morgan fingerprint density at radius 1 is 1.29 bits per heavy atom. The van der Waals surface area contributed by atoms with Gasteiger partial charge in [-0.2, -0.15) is 5.10 Å². The van der Waals surface area contributed by atoms with Crippen LogP contribution in [0.2, 0.25) is 0 Å². The molecule has 110 valence electrons. The molecule has 1 N–H and O–H groups in total. The average Bonchev–Trinajstić information content (AvgIpc) is 3.05. The second-order valence-electron chi connectivity index (χ2n) is 5.36. The molecule has 0 saturated carbocycles. The number of aromatic nitrogens is 2. The number of hydrogen-bond acceptors (Lipinski definition) is 3. The Kier molecular flexibility index (Phi) is 4.06. The van der Waals surface area contributed by atoms with E-state index in [1.54, 1.807) is 0 Å². The lowest BCUT2D eigenvalue weighted by atomic mass is 10.2. The van der Waals surface area contributed by atoms with Gasteiger partial charge < -0.3 is 9.73 Å². The van der Waals surface area contributed by atoms with Gasteiger partial charge in [0.15, 0.2) is 0 Å². The molecule has 0 aliphatic rings. The average molecular weight is 283 g/mol. The lowest BCUT2D eigenvalue weighted by molar-refractivity contribution is 0.431. The van der Waals surface area contributed by atoms with Crippen LogP contribution in [0, 0.1) is 6.92 Å². The summed E-state index contributed by atoms with van der Waals surface area (Å²) in [5, 5.41) is 8.98. The van der Waals surface area contributed by atoms with E-state index in [1.165, 1.54) is 5.56 Å². The molecule has 0 aliphatic carbocycles. The molecule has 4 heteroatoms. The summed E-state index contributed by atoms with van der Waals surface area (Å²) in [7, 11) is 0. The molecule has 0 aliphatic heterocycles. The van der Waals surface area contributed by atoms with Crippen LogP contribution in [0.15, 0.2) is 40.9 Å². The summed E-state index contributed by atoms with van der Waals surface area (Å²) in [6.07, 6.45) is 3.03. The van der Waals surface area contributed by atoms with Gasteiger partial charge in [0.2, 0.25) is 0 Å². The van der Waals surface area contributed by atoms with E-state index >= 15 is 0 Å². The third-order valence-corrected chi connectivity index (χ3v) is 3.64. The number of nitrogens with one attached hydrogen (secondary N) is 1. The first kappa shape index (κ1) is 13.9. The summed E-state index contributed by atoms with van der Waals surface area (Å²) < 4.78 is 7.94. The van der Waals surface area contributed by atoms with Crippen molar-refractivity contribution < 1.29 is 4.42 Å². The minimum absolute atomic E-state index is 0.669. The molecule has 21 heavy (non-hydrogen) atoms. The van der Waals surface area contributed by atoms with Crippen LogP contribution >= 0.6 is 0 Å². The van der Waals surface area contributed by atoms with Crippen LogP contribution in [0.5, 0.6) is 0 Å². The third kappa shape index (κ3) is 3.00. The number of aryl methyl sites for hydroxylation is 1. The normalized spacial score (nSPS) is 11.3. The Balaban J connectivity index is 1.77. The van der Waals surface area contributed by atoms with Crippen molar-refractivity contribution in [1.29, 1.82) is 0 Å². The van der Waals surface area contributed by atoms with Gasteiger partial charge in [0.25, 0.3) is 0 Å². The number of para-hydroxylation sites is 1. The van der Waals surface area contributed by atoms with Crippen molar-refractivity contribution in [3.63, 3.8) is 0 Å². The van der Waals surface area contributed by atoms with Gasteiger partial charge in [-0.05, 0) is 37.6 Å². The molecule has 0 amide bonds. The molecule has 0 radical (unpaired) electrons. The van der Waals surface area contributed by atoms with Crippen LogP contribution in [0.4, 0.5) is 0 Å². The van der Waals surface area contributed by atoms with Crippen LogP contribution in [-0.2, 0) is 13.1 Å². The maximum atomic E-state index is 5.96. The van der Waals surface area contributed by atoms with Crippen LogP contribution in [0.25, 0.3) is 10.9 Å². The molecule has 0 bridgehead atoms. The van der Waals surface area contributed by atoms with Crippen molar-refractivity contribution in [2.24, 2.45) is 0 Å². The molecule has 0 saturated heterocycles. The van der Waals surface area contributed by atoms with Gasteiger partial charge in [0, 0.05) is 5.39 Å². The second-order valence-corrected chi connectivity index (χ2v) is 5.36. The Labute approximate surface area is 124 Å². The Morgan fingerprint density at radius 3 is 3.00 bits per heavy atom. The monoisotopic (exact) mass is 283 g/mol. The zero-order chi connectivity index (χ0) is 14.7. The van der Waals surface area contributed by atoms with E-state index in [1.807, 2.05) is 23.0 Å². The van der Waals surface area contributed by atoms with E-state index in [4.69, 9.17) is 4.42 Å². The first-order valence-corrected chi connectivity index (χ1v) is 7.47. The Bertz CT molecular complexity index is 727. The maximum absolute atomic E-state index is 5.96. The zero-order valence-corrected chi connectivity index (χ0v) is 12.6. The van der Waals surface area contributed by atoms with Gasteiger partial charge in [-0.25, -0.2) is 0 Å². The highest BCUT2D eigenvalue weighted by molar-refractivity contribution is 5.78. The smallest absolute Gasteiger partial charge is 0.126 e. The van der Waals surface area contributed by atoms with Crippen LogP contribution in [0.1, 0.15) is 30.4 Å². The first-order chi connectivity index (χ1) is 10.3. The molecule has 2 heterocycles. The van der Waals surface area contributed by atoms with Crippen LogP contribution < -0.4 is 5.32 Å². The van der Waals surface area contributed by atoms with Crippen molar-refractivity contribution >= 4 is 10.9 Å². The quantitative estimate of drug-likeness (QED) is 0.704. The topological polar surface area (TPSA) is 43.0 Å². The molecular weight excluding hydrogens is 262 g/mol. The van der Waals surface area contributed by atoms with E-state index in [2.05, 4.69) is 42.5 Å². The van der Waals surface area contributed by atoms with Crippen LogP contribution in [0.3, 0.4) is 0 Å². The molecule has 1 aromatic carbocycles. The Hall–Kier alpha value is -2.07. The van der Waals surface area contributed by atoms with E-state index in [9.17, 15) is 0 Å². The second kappa shape index (κ2) is 6.14. The molecule has 0 atom stereocenters. The summed E-state index contributed by atoms with van der Waals surface area (Å²) in [6.45, 7) is 6.73. The fourth-order valence-corrected chi connectivity index (χ4v) is 2.52. The van der Waals surface area contributed by atoms with Gasteiger partial charge in [0.05, 0.1) is 24.8 Å². The third-order valence-electron chi connectivity index (χ3n) is 3.64. The molecule has 4 nitrogen and oxygen atoms in total. The minimum Gasteiger partial charge on any atom is -0.462 e.